The highest BCUT2D eigenvalue weighted by atomic mass is 19.4. The Morgan fingerprint density at radius 3 is 1.70 bits per heavy atom. The van der Waals surface area contributed by atoms with Crippen molar-refractivity contribution in [1.82, 2.24) is 0 Å². The van der Waals surface area contributed by atoms with E-state index in [4.69, 9.17) is 0 Å². The number of aliphatic hydroxyl groups is 1. The van der Waals surface area contributed by atoms with Crippen molar-refractivity contribution in [2.24, 2.45) is 0 Å². The molecule has 0 spiro atoms. The van der Waals surface area contributed by atoms with Gasteiger partial charge in [-0.15, -0.1) is 0 Å². The minimum atomic E-state index is -5.93. The molecule has 0 heterocycles. The highest BCUT2D eigenvalue weighted by molar-refractivity contribution is 5.64. The van der Waals surface area contributed by atoms with Gasteiger partial charge in [0.05, 0.1) is 0 Å². The van der Waals surface area contributed by atoms with Gasteiger partial charge in [-0.2, -0.15) is 26.3 Å². The number of halogens is 6. The van der Waals surface area contributed by atoms with Crippen molar-refractivity contribution >= 4 is 11.4 Å². The molecule has 2 nitrogen and oxygen atoms in total. The lowest BCUT2D eigenvalue weighted by Gasteiger charge is -2.34. The molecule has 0 aliphatic rings. The van der Waals surface area contributed by atoms with E-state index < -0.39 is 29.2 Å². The average molecular weight is 335 g/mol. The van der Waals surface area contributed by atoms with Crippen molar-refractivity contribution in [3.8, 4) is 0 Å². The third-order valence-corrected chi connectivity index (χ3v) is 3.19. The molecule has 2 aromatic rings. The molecule has 0 saturated carbocycles. The summed E-state index contributed by atoms with van der Waals surface area (Å²) in [5.41, 5.74) is -6.50. The van der Waals surface area contributed by atoms with Crippen LogP contribution in [-0.4, -0.2) is 17.5 Å². The Balaban J connectivity index is 2.58. The lowest BCUT2D eigenvalue weighted by Crippen LogP contribution is -2.54. The average Bonchev–Trinajstić information content (AvgIpc) is 2.46. The minimum absolute atomic E-state index is 0.284. The monoisotopic (exact) mass is 335 g/mol. The van der Waals surface area contributed by atoms with E-state index in [0.717, 1.165) is 12.1 Å². The van der Waals surface area contributed by atoms with Gasteiger partial charge in [0.1, 0.15) is 0 Å². The van der Waals surface area contributed by atoms with Crippen LogP contribution < -0.4 is 5.32 Å². The van der Waals surface area contributed by atoms with Gasteiger partial charge in [-0.25, -0.2) is 0 Å². The minimum Gasteiger partial charge on any atom is -0.369 e. The topological polar surface area (TPSA) is 32.3 Å². The first-order valence-electron chi connectivity index (χ1n) is 6.35. The summed E-state index contributed by atoms with van der Waals surface area (Å²) in [5, 5.41) is 12.0. The molecule has 0 aliphatic carbocycles. The third-order valence-electron chi connectivity index (χ3n) is 3.19. The van der Waals surface area contributed by atoms with Crippen LogP contribution in [0.15, 0.2) is 54.6 Å². The molecule has 0 bridgehead atoms. The van der Waals surface area contributed by atoms with Gasteiger partial charge in [0.2, 0.25) is 0 Å². The van der Waals surface area contributed by atoms with Gasteiger partial charge in [0, 0.05) is 16.9 Å². The van der Waals surface area contributed by atoms with Crippen molar-refractivity contribution < 1.29 is 31.4 Å². The maximum atomic E-state index is 13.0. The summed E-state index contributed by atoms with van der Waals surface area (Å²) in [5.74, 6) is 0. The molecule has 0 atom stereocenters. The normalized spacial score (nSPS) is 13.0. The van der Waals surface area contributed by atoms with Crippen LogP contribution in [0.4, 0.5) is 37.7 Å². The molecule has 0 saturated heterocycles. The van der Waals surface area contributed by atoms with Crippen molar-refractivity contribution in [2.75, 3.05) is 5.32 Å². The highest BCUT2D eigenvalue weighted by Crippen LogP contribution is 2.52. The van der Waals surface area contributed by atoms with E-state index in [-0.39, 0.29) is 5.69 Å². The fourth-order valence-corrected chi connectivity index (χ4v) is 2.05. The summed E-state index contributed by atoms with van der Waals surface area (Å²) in [4.78, 5) is 0. The van der Waals surface area contributed by atoms with Crippen LogP contribution in [-0.2, 0) is 5.60 Å². The number of para-hydroxylation sites is 2. The van der Waals surface area contributed by atoms with E-state index in [0.29, 0.717) is 6.07 Å². The molecule has 0 radical (unpaired) electrons. The smallest absolute Gasteiger partial charge is 0.369 e. The predicted molar refractivity (Wildman–Crippen MR) is 72.2 cm³/mol. The van der Waals surface area contributed by atoms with Gasteiger partial charge < -0.3 is 10.4 Å². The van der Waals surface area contributed by atoms with Crippen LogP contribution in [0.25, 0.3) is 0 Å². The molecule has 23 heavy (non-hydrogen) atoms. The van der Waals surface area contributed by atoms with Crippen LogP contribution in [0.3, 0.4) is 0 Å². The van der Waals surface area contributed by atoms with E-state index in [1.165, 1.54) is 18.2 Å². The lowest BCUT2D eigenvalue weighted by atomic mass is 9.90. The number of anilines is 2. The zero-order chi connectivity index (χ0) is 17.3. The first kappa shape index (κ1) is 17.1. The second-order valence-electron chi connectivity index (χ2n) is 4.74. The molecule has 0 fully saturated rings. The van der Waals surface area contributed by atoms with Crippen LogP contribution in [0.1, 0.15) is 5.56 Å². The predicted octanol–water partition coefficient (Wildman–Crippen LogP) is 4.74. The fourth-order valence-electron chi connectivity index (χ4n) is 2.05. The van der Waals surface area contributed by atoms with Gasteiger partial charge in [0.25, 0.3) is 5.60 Å². The second-order valence-corrected chi connectivity index (χ2v) is 4.74. The molecular formula is C15H11F6NO. The van der Waals surface area contributed by atoms with E-state index in [2.05, 4.69) is 5.32 Å². The number of benzene rings is 2. The van der Waals surface area contributed by atoms with E-state index in [1.54, 1.807) is 18.2 Å². The summed E-state index contributed by atoms with van der Waals surface area (Å²) in [6, 6.07) is 11.6. The van der Waals surface area contributed by atoms with Crippen LogP contribution in [0, 0.1) is 0 Å². The van der Waals surface area contributed by atoms with E-state index in [9.17, 15) is 31.4 Å². The Bertz CT molecular complexity index is 652. The Hall–Kier alpha value is -2.22. The van der Waals surface area contributed by atoms with Gasteiger partial charge in [-0.1, -0.05) is 36.4 Å². The Kier molecular flexibility index (Phi) is 4.30. The molecular weight excluding hydrogens is 324 g/mol. The fraction of sp³-hybridized carbons (Fsp3) is 0.200. The second kappa shape index (κ2) is 5.77. The highest BCUT2D eigenvalue weighted by Gasteiger charge is 2.72. The maximum Gasteiger partial charge on any atom is 0.430 e. The van der Waals surface area contributed by atoms with Gasteiger partial charge >= 0.3 is 12.4 Å². The van der Waals surface area contributed by atoms with Gasteiger partial charge in [0.15, 0.2) is 0 Å². The van der Waals surface area contributed by atoms with Crippen molar-refractivity contribution in [3.05, 3.63) is 60.2 Å². The third kappa shape index (κ3) is 3.12. The van der Waals surface area contributed by atoms with Gasteiger partial charge in [-0.05, 0) is 18.2 Å². The zero-order valence-corrected chi connectivity index (χ0v) is 11.4. The molecule has 2 rings (SSSR count). The molecule has 2 aromatic carbocycles. The Labute approximate surface area is 127 Å². The molecule has 0 unspecified atom stereocenters. The van der Waals surface area contributed by atoms with Crippen LogP contribution in [0.2, 0.25) is 0 Å². The molecule has 2 N–H and O–H groups in total. The van der Waals surface area contributed by atoms with Crippen LogP contribution in [0.5, 0.6) is 0 Å². The number of rotatable bonds is 3. The SMILES string of the molecule is OC(c1ccccc1Nc1ccccc1)(C(F)(F)F)C(F)(F)F. The lowest BCUT2D eigenvalue weighted by molar-refractivity contribution is -0.376. The summed E-state index contributed by atoms with van der Waals surface area (Å²) < 4.78 is 78.0. The maximum absolute atomic E-state index is 13.0. The summed E-state index contributed by atoms with van der Waals surface area (Å²) in [6.45, 7) is 0. The summed E-state index contributed by atoms with van der Waals surface area (Å²) >= 11 is 0. The molecule has 0 aromatic heterocycles. The zero-order valence-electron chi connectivity index (χ0n) is 11.4. The summed E-state index contributed by atoms with van der Waals surface area (Å²) in [6.07, 6.45) is -11.9. The molecule has 0 amide bonds. The largest absolute Gasteiger partial charge is 0.430 e. The van der Waals surface area contributed by atoms with E-state index >= 15 is 0 Å². The number of nitrogens with one attached hydrogen (secondary N) is 1. The number of alkyl halides is 6. The first-order valence-corrected chi connectivity index (χ1v) is 6.35. The number of hydrogen-bond donors (Lipinski definition) is 2. The van der Waals surface area contributed by atoms with Crippen molar-refractivity contribution in [3.63, 3.8) is 0 Å². The molecule has 8 heteroatoms. The van der Waals surface area contributed by atoms with Crippen molar-refractivity contribution in [1.29, 1.82) is 0 Å². The Morgan fingerprint density at radius 2 is 1.17 bits per heavy atom. The number of hydrogen-bond acceptors (Lipinski definition) is 2. The Morgan fingerprint density at radius 1 is 0.696 bits per heavy atom. The standard InChI is InChI=1S/C15H11F6NO/c16-14(17,18)13(23,15(19,20)21)11-8-4-5-9-12(11)22-10-6-2-1-3-7-10/h1-9,22-23H. The quantitative estimate of drug-likeness (QED) is 0.794. The van der Waals surface area contributed by atoms with Crippen molar-refractivity contribution in [2.45, 2.75) is 18.0 Å². The van der Waals surface area contributed by atoms with Gasteiger partial charge in [-0.3, -0.25) is 0 Å². The van der Waals surface area contributed by atoms with Crippen LogP contribution >= 0.6 is 0 Å². The molecule has 124 valence electrons. The summed E-state index contributed by atoms with van der Waals surface area (Å²) in [7, 11) is 0. The first-order chi connectivity index (χ1) is 10.6. The molecule has 0 aliphatic heterocycles. The van der Waals surface area contributed by atoms with E-state index in [1.807, 2.05) is 0 Å².